The average molecular weight is 268 g/mol. The summed E-state index contributed by atoms with van der Waals surface area (Å²) in [5.41, 5.74) is 1.66. The molecule has 0 atom stereocenters. The van der Waals surface area contributed by atoms with Crippen LogP contribution in [0.15, 0.2) is 40.9 Å². The number of pyridine rings is 1. The lowest BCUT2D eigenvalue weighted by Gasteiger charge is -1.98. The maximum absolute atomic E-state index is 5.21. The molecule has 0 unspecified atom stereocenters. The van der Waals surface area contributed by atoms with Crippen LogP contribution in [-0.4, -0.2) is 21.7 Å². The molecule has 0 radical (unpaired) electrons. The Morgan fingerprint density at radius 2 is 2.00 bits per heavy atom. The van der Waals surface area contributed by atoms with E-state index in [4.69, 9.17) is 4.52 Å². The molecule has 3 rings (SSSR count). The van der Waals surface area contributed by atoms with Crippen LogP contribution in [0.3, 0.4) is 0 Å². The number of nitrogens with zero attached hydrogens (tertiary/aromatic N) is 3. The van der Waals surface area contributed by atoms with Gasteiger partial charge in [0, 0.05) is 5.39 Å². The lowest BCUT2D eigenvalue weighted by Crippen LogP contribution is -2.13. The molecule has 0 fully saturated rings. The summed E-state index contributed by atoms with van der Waals surface area (Å²) in [4.78, 5) is 8.91. The number of nitrogens with one attached hydrogen (secondary N) is 1. The molecule has 20 heavy (non-hydrogen) atoms. The van der Waals surface area contributed by atoms with E-state index >= 15 is 0 Å². The standard InChI is InChI=1S/C15H16N4O/c1-2-9-16-10-14-18-15(19-20-14)13-8-7-11-5-3-4-6-12(11)17-13/h3-8,16H,2,9-10H2,1H3. The summed E-state index contributed by atoms with van der Waals surface area (Å²) in [5.74, 6) is 1.12. The second kappa shape index (κ2) is 5.79. The Morgan fingerprint density at radius 1 is 1.10 bits per heavy atom. The summed E-state index contributed by atoms with van der Waals surface area (Å²) in [6, 6.07) is 11.9. The number of hydrogen-bond acceptors (Lipinski definition) is 5. The van der Waals surface area contributed by atoms with E-state index in [1.807, 2.05) is 36.4 Å². The van der Waals surface area contributed by atoms with Crippen LogP contribution in [0.2, 0.25) is 0 Å². The van der Waals surface area contributed by atoms with Gasteiger partial charge in [-0.25, -0.2) is 4.98 Å². The van der Waals surface area contributed by atoms with Gasteiger partial charge in [0.2, 0.25) is 11.7 Å². The van der Waals surface area contributed by atoms with Crippen molar-refractivity contribution in [1.29, 1.82) is 0 Å². The lowest BCUT2D eigenvalue weighted by molar-refractivity contribution is 0.368. The van der Waals surface area contributed by atoms with Gasteiger partial charge < -0.3 is 9.84 Å². The summed E-state index contributed by atoms with van der Waals surface area (Å²) in [6.07, 6.45) is 1.08. The van der Waals surface area contributed by atoms with Crippen LogP contribution in [-0.2, 0) is 6.54 Å². The highest BCUT2D eigenvalue weighted by Crippen LogP contribution is 2.18. The summed E-state index contributed by atoms with van der Waals surface area (Å²) in [7, 11) is 0. The molecule has 5 nitrogen and oxygen atoms in total. The summed E-state index contributed by atoms with van der Waals surface area (Å²) >= 11 is 0. The molecule has 1 N–H and O–H groups in total. The second-order valence-electron chi connectivity index (χ2n) is 4.58. The summed E-state index contributed by atoms with van der Waals surface area (Å²) < 4.78 is 5.21. The molecule has 0 amide bonds. The number of para-hydroxylation sites is 1. The fourth-order valence-electron chi connectivity index (χ4n) is 1.99. The smallest absolute Gasteiger partial charge is 0.240 e. The van der Waals surface area contributed by atoms with Crippen LogP contribution >= 0.6 is 0 Å². The Kier molecular flexibility index (Phi) is 3.69. The van der Waals surface area contributed by atoms with Gasteiger partial charge in [-0.05, 0) is 25.1 Å². The van der Waals surface area contributed by atoms with Crippen molar-refractivity contribution in [2.24, 2.45) is 0 Å². The van der Waals surface area contributed by atoms with E-state index in [1.54, 1.807) is 0 Å². The van der Waals surface area contributed by atoms with E-state index in [2.05, 4.69) is 27.4 Å². The van der Waals surface area contributed by atoms with Gasteiger partial charge in [0.05, 0.1) is 12.1 Å². The van der Waals surface area contributed by atoms with E-state index in [1.165, 1.54) is 0 Å². The van der Waals surface area contributed by atoms with Crippen molar-refractivity contribution in [3.8, 4) is 11.5 Å². The molecule has 3 aromatic rings. The largest absolute Gasteiger partial charge is 0.337 e. The molecule has 0 saturated carbocycles. The Labute approximate surface area is 117 Å². The van der Waals surface area contributed by atoms with Crippen molar-refractivity contribution >= 4 is 10.9 Å². The first-order valence-electron chi connectivity index (χ1n) is 6.76. The van der Waals surface area contributed by atoms with Crippen LogP contribution in [0, 0.1) is 0 Å². The third kappa shape index (κ3) is 2.67. The number of fused-ring (bicyclic) bond motifs is 1. The Hall–Kier alpha value is -2.27. The lowest BCUT2D eigenvalue weighted by atomic mass is 10.2. The molecule has 2 aromatic heterocycles. The zero-order valence-corrected chi connectivity index (χ0v) is 11.3. The van der Waals surface area contributed by atoms with Gasteiger partial charge in [-0.3, -0.25) is 0 Å². The van der Waals surface area contributed by atoms with Crippen molar-refractivity contribution in [2.45, 2.75) is 19.9 Å². The summed E-state index contributed by atoms with van der Waals surface area (Å²) in [6.45, 7) is 3.64. The highest BCUT2D eigenvalue weighted by atomic mass is 16.5. The highest BCUT2D eigenvalue weighted by molar-refractivity contribution is 5.80. The first kappa shape index (κ1) is 12.7. The topological polar surface area (TPSA) is 63.8 Å². The zero-order chi connectivity index (χ0) is 13.8. The van der Waals surface area contributed by atoms with Crippen molar-refractivity contribution in [2.75, 3.05) is 6.54 Å². The molecule has 0 spiro atoms. The molecule has 0 bridgehead atoms. The van der Waals surface area contributed by atoms with Crippen LogP contribution in [0.1, 0.15) is 19.2 Å². The molecular weight excluding hydrogens is 252 g/mol. The first-order valence-corrected chi connectivity index (χ1v) is 6.76. The molecule has 0 saturated heterocycles. The second-order valence-corrected chi connectivity index (χ2v) is 4.58. The molecule has 1 aromatic carbocycles. The number of hydrogen-bond donors (Lipinski definition) is 1. The molecule has 5 heteroatoms. The monoisotopic (exact) mass is 268 g/mol. The maximum Gasteiger partial charge on any atom is 0.240 e. The van der Waals surface area contributed by atoms with E-state index in [0.717, 1.165) is 29.6 Å². The van der Waals surface area contributed by atoms with E-state index < -0.39 is 0 Å². The third-order valence-electron chi connectivity index (χ3n) is 3.00. The first-order chi connectivity index (χ1) is 9.86. The normalized spacial score (nSPS) is 11.1. The average Bonchev–Trinajstić information content (AvgIpc) is 2.96. The molecule has 102 valence electrons. The van der Waals surface area contributed by atoms with Crippen molar-refractivity contribution in [3.05, 3.63) is 42.3 Å². The van der Waals surface area contributed by atoms with Crippen LogP contribution in [0.25, 0.3) is 22.4 Å². The molecule has 0 aliphatic heterocycles. The van der Waals surface area contributed by atoms with Crippen molar-refractivity contribution in [3.63, 3.8) is 0 Å². The SMILES string of the molecule is CCCNCc1nc(-c2ccc3ccccc3n2)no1. The van der Waals surface area contributed by atoms with Crippen molar-refractivity contribution in [1.82, 2.24) is 20.4 Å². The molecular formula is C15H16N4O. The van der Waals surface area contributed by atoms with Crippen LogP contribution in [0.5, 0.6) is 0 Å². The van der Waals surface area contributed by atoms with Gasteiger partial charge >= 0.3 is 0 Å². The van der Waals surface area contributed by atoms with Gasteiger partial charge in [-0.15, -0.1) is 0 Å². The minimum atomic E-state index is 0.532. The van der Waals surface area contributed by atoms with Crippen molar-refractivity contribution < 1.29 is 4.52 Å². The Bertz CT molecular complexity index is 708. The van der Waals surface area contributed by atoms with Gasteiger partial charge in [0.15, 0.2) is 0 Å². The maximum atomic E-state index is 5.21. The van der Waals surface area contributed by atoms with E-state index in [9.17, 15) is 0 Å². The number of aromatic nitrogens is 3. The minimum absolute atomic E-state index is 0.532. The Balaban J connectivity index is 1.83. The van der Waals surface area contributed by atoms with Gasteiger partial charge in [0.25, 0.3) is 0 Å². The zero-order valence-electron chi connectivity index (χ0n) is 11.3. The van der Waals surface area contributed by atoms with Crippen LogP contribution in [0.4, 0.5) is 0 Å². The predicted octanol–water partition coefficient (Wildman–Crippen LogP) is 2.78. The minimum Gasteiger partial charge on any atom is -0.337 e. The van der Waals surface area contributed by atoms with E-state index in [0.29, 0.717) is 18.3 Å². The van der Waals surface area contributed by atoms with Gasteiger partial charge in [-0.1, -0.05) is 36.3 Å². The molecule has 0 aliphatic carbocycles. The molecule has 0 aliphatic rings. The Morgan fingerprint density at radius 3 is 2.90 bits per heavy atom. The van der Waals surface area contributed by atoms with E-state index in [-0.39, 0.29) is 0 Å². The predicted molar refractivity (Wildman–Crippen MR) is 77.0 cm³/mol. The van der Waals surface area contributed by atoms with Crippen LogP contribution < -0.4 is 5.32 Å². The van der Waals surface area contributed by atoms with Gasteiger partial charge in [-0.2, -0.15) is 4.98 Å². The highest BCUT2D eigenvalue weighted by Gasteiger charge is 2.09. The third-order valence-corrected chi connectivity index (χ3v) is 3.00. The van der Waals surface area contributed by atoms with Gasteiger partial charge in [0.1, 0.15) is 5.69 Å². The molecule has 2 heterocycles. The fourth-order valence-corrected chi connectivity index (χ4v) is 1.99. The summed E-state index contributed by atoms with van der Waals surface area (Å²) in [5, 5.41) is 8.31. The fraction of sp³-hybridized carbons (Fsp3) is 0.267. The number of rotatable bonds is 5. The number of benzene rings is 1. The quantitative estimate of drug-likeness (QED) is 0.721.